The van der Waals surface area contributed by atoms with Crippen molar-refractivity contribution in [2.75, 3.05) is 0 Å². The van der Waals surface area contributed by atoms with Crippen molar-refractivity contribution in [3.8, 4) is 0 Å². The maximum Gasteiger partial charge on any atom is 0.226 e. The third kappa shape index (κ3) is 2.79. The summed E-state index contributed by atoms with van der Waals surface area (Å²) in [6, 6.07) is 0.648. The van der Waals surface area contributed by atoms with Crippen molar-refractivity contribution in [2.24, 2.45) is 22.7 Å². The van der Waals surface area contributed by atoms with Gasteiger partial charge in [-0.25, -0.2) is 0 Å². The molecule has 0 aromatic heterocycles. The van der Waals surface area contributed by atoms with Gasteiger partial charge in [0.05, 0.1) is 0 Å². The molecule has 4 bridgehead atoms. The molecule has 0 saturated heterocycles. The summed E-state index contributed by atoms with van der Waals surface area (Å²) in [6.45, 7) is 0. The quantitative estimate of drug-likeness (QED) is 0.805. The topological polar surface area (TPSA) is 58.2 Å². The first-order chi connectivity index (χ1) is 12.6. The molecule has 5 saturated carbocycles. The van der Waals surface area contributed by atoms with E-state index < -0.39 is 0 Å². The Morgan fingerprint density at radius 1 is 0.577 bits per heavy atom. The van der Waals surface area contributed by atoms with E-state index in [1.807, 2.05) is 0 Å². The second kappa shape index (κ2) is 6.24. The van der Waals surface area contributed by atoms with Gasteiger partial charge in [0.2, 0.25) is 11.8 Å². The predicted molar refractivity (Wildman–Crippen MR) is 100 cm³/mol. The lowest BCUT2D eigenvalue weighted by Crippen LogP contribution is -2.49. The van der Waals surface area contributed by atoms with E-state index in [1.54, 1.807) is 0 Å². The Morgan fingerprint density at radius 2 is 0.923 bits per heavy atom. The summed E-state index contributed by atoms with van der Waals surface area (Å²) in [4.78, 5) is 25.7. The van der Waals surface area contributed by atoms with Crippen molar-refractivity contribution in [1.29, 1.82) is 0 Å². The fourth-order valence-corrected chi connectivity index (χ4v) is 7.08. The molecule has 0 aromatic rings. The highest BCUT2D eigenvalue weighted by Crippen LogP contribution is 2.55. The zero-order chi connectivity index (χ0) is 17.8. The van der Waals surface area contributed by atoms with Gasteiger partial charge in [-0.15, -0.1) is 0 Å². The Hall–Kier alpha value is -1.06. The van der Waals surface area contributed by atoms with Crippen LogP contribution in [0.25, 0.3) is 0 Å². The molecule has 0 atom stereocenters. The van der Waals surface area contributed by atoms with Gasteiger partial charge >= 0.3 is 0 Å². The Morgan fingerprint density at radius 3 is 1.19 bits per heavy atom. The van der Waals surface area contributed by atoms with Crippen LogP contribution in [-0.2, 0) is 9.59 Å². The van der Waals surface area contributed by atoms with E-state index in [2.05, 4.69) is 10.6 Å². The lowest BCUT2D eigenvalue weighted by molar-refractivity contribution is -0.133. The summed E-state index contributed by atoms with van der Waals surface area (Å²) >= 11 is 0. The lowest BCUT2D eigenvalue weighted by Gasteiger charge is -2.35. The van der Waals surface area contributed by atoms with E-state index in [4.69, 9.17) is 0 Å². The lowest BCUT2D eigenvalue weighted by atomic mass is 9.81. The average Bonchev–Trinajstić information content (AvgIpc) is 3.44. The summed E-state index contributed by atoms with van der Waals surface area (Å²) < 4.78 is 0. The van der Waals surface area contributed by atoms with E-state index in [1.165, 1.54) is 25.7 Å². The van der Waals surface area contributed by atoms with Crippen LogP contribution in [0.15, 0.2) is 0 Å². The largest absolute Gasteiger partial charge is 0.353 e. The van der Waals surface area contributed by atoms with Crippen LogP contribution in [0.3, 0.4) is 0 Å². The minimum atomic E-state index is -0.0175. The third-order valence-corrected chi connectivity index (χ3v) is 8.84. The maximum atomic E-state index is 12.8. The molecule has 5 fully saturated rings. The molecule has 26 heavy (non-hydrogen) atoms. The molecule has 2 amide bonds. The SMILES string of the molecule is O=C(NC1CCC(NC(=O)C23CCC(CC2)C3)CC1)C12CCC(CC1)C2. The summed E-state index contributed by atoms with van der Waals surface area (Å²) in [6.07, 6.45) is 15.8. The van der Waals surface area contributed by atoms with Gasteiger partial charge in [0.25, 0.3) is 0 Å². The van der Waals surface area contributed by atoms with Gasteiger partial charge in [-0.3, -0.25) is 9.59 Å². The molecular formula is C22H34N2O2. The van der Waals surface area contributed by atoms with Crippen LogP contribution < -0.4 is 10.6 Å². The molecular weight excluding hydrogens is 324 g/mol. The number of nitrogens with one attached hydrogen (secondary N) is 2. The van der Waals surface area contributed by atoms with E-state index in [0.717, 1.165) is 76.0 Å². The van der Waals surface area contributed by atoms with Crippen LogP contribution in [0.2, 0.25) is 0 Å². The Balaban J connectivity index is 1.10. The van der Waals surface area contributed by atoms with Crippen LogP contribution in [-0.4, -0.2) is 23.9 Å². The first-order valence-electron chi connectivity index (χ1n) is 11.2. The average molecular weight is 359 g/mol. The van der Waals surface area contributed by atoms with Gasteiger partial charge in [-0.1, -0.05) is 0 Å². The van der Waals surface area contributed by atoms with E-state index in [9.17, 15) is 9.59 Å². The van der Waals surface area contributed by atoms with Gasteiger partial charge < -0.3 is 10.6 Å². The molecule has 5 aliphatic carbocycles. The number of rotatable bonds is 4. The monoisotopic (exact) mass is 358 g/mol. The molecule has 4 heteroatoms. The van der Waals surface area contributed by atoms with Crippen LogP contribution in [0.4, 0.5) is 0 Å². The van der Waals surface area contributed by atoms with Crippen LogP contribution in [0.5, 0.6) is 0 Å². The fourth-order valence-electron chi connectivity index (χ4n) is 7.08. The zero-order valence-electron chi connectivity index (χ0n) is 16.0. The minimum Gasteiger partial charge on any atom is -0.353 e. The van der Waals surface area contributed by atoms with Crippen molar-refractivity contribution in [3.63, 3.8) is 0 Å². The standard InChI is InChI=1S/C22H34N2O2/c25-19(21-9-5-15(13-21)6-10-21)23-17-1-2-18(4-3-17)24-20(26)22-11-7-16(14-22)8-12-22/h15-18H,1-14H2,(H,23,25)(H,24,26). The highest BCUT2D eigenvalue weighted by atomic mass is 16.2. The maximum absolute atomic E-state index is 12.8. The molecule has 5 aliphatic rings. The third-order valence-electron chi connectivity index (χ3n) is 8.84. The van der Waals surface area contributed by atoms with Gasteiger partial charge in [0, 0.05) is 22.9 Å². The zero-order valence-corrected chi connectivity index (χ0v) is 16.0. The normalized spacial score (nSPS) is 46.5. The van der Waals surface area contributed by atoms with Crippen LogP contribution in [0.1, 0.15) is 89.9 Å². The van der Waals surface area contributed by atoms with Crippen molar-refractivity contribution in [1.82, 2.24) is 10.6 Å². The van der Waals surface area contributed by atoms with E-state index in [-0.39, 0.29) is 10.8 Å². The first-order valence-corrected chi connectivity index (χ1v) is 11.2. The summed E-state index contributed by atoms with van der Waals surface area (Å²) in [5.41, 5.74) is -0.0350. The molecule has 5 rings (SSSR count). The van der Waals surface area contributed by atoms with Crippen LogP contribution >= 0.6 is 0 Å². The van der Waals surface area contributed by atoms with Gasteiger partial charge in [-0.2, -0.15) is 0 Å². The van der Waals surface area contributed by atoms with Crippen molar-refractivity contribution >= 4 is 11.8 Å². The number of hydrogen-bond acceptors (Lipinski definition) is 2. The van der Waals surface area contributed by atoms with E-state index in [0.29, 0.717) is 23.9 Å². The Labute approximate surface area is 157 Å². The fraction of sp³-hybridized carbons (Fsp3) is 0.909. The summed E-state index contributed by atoms with van der Waals surface area (Å²) in [5.74, 6) is 2.31. The van der Waals surface area contributed by atoms with Crippen molar-refractivity contribution in [3.05, 3.63) is 0 Å². The van der Waals surface area contributed by atoms with Gasteiger partial charge in [-0.05, 0) is 102 Å². The predicted octanol–water partition coefficient (Wildman–Crippen LogP) is 3.69. The van der Waals surface area contributed by atoms with E-state index >= 15 is 0 Å². The highest BCUT2D eigenvalue weighted by Gasteiger charge is 2.51. The Bertz CT molecular complexity index is 525. The second-order valence-electron chi connectivity index (χ2n) is 10.4. The molecule has 0 radical (unpaired) electrons. The molecule has 0 aliphatic heterocycles. The molecule has 0 unspecified atom stereocenters. The second-order valence-corrected chi connectivity index (χ2v) is 10.4. The highest BCUT2D eigenvalue weighted by molar-refractivity contribution is 5.84. The number of amides is 2. The molecule has 0 heterocycles. The first kappa shape index (κ1) is 17.1. The molecule has 4 nitrogen and oxygen atoms in total. The van der Waals surface area contributed by atoms with Crippen molar-refractivity contribution in [2.45, 2.75) is 102 Å². The Kier molecular flexibility index (Phi) is 4.09. The number of fused-ring (bicyclic) bond motifs is 4. The molecule has 0 spiro atoms. The number of carbonyl (C=O) groups is 2. The van der Waals surface area contributed by atoms with Crippen LogP contribution in [0, 0.1) is 22.7 Å². The summed E-state index contributed by atoms with van der Waals surface area (Å²) in [7, 11) is 0. The smallest absolute Gasteiger partial charge is 0.226 e. The van der Waals surface area contributed by atoms with Gasteiger partial charge in [0.1, 0.15) is 0 Å². The van der Waals surface area contributed by atoms with Crippen molar-refractivity contribution < 1.29 is 9.59 Å². The number of hydrogen-bond donors (Lipinski definition) is 2. The molecule has 144 valence electrons. The minimum absolute atomic E-state index is 0.0175. The molecule has 0 aromatic carbocycles. The molecule has 2 N–H and O–H groups in total. The number of carbonyl (C=O) groups excluding carboxylic acids is 2. The van der Waals surface area contributed by atoms with Gasteiger partial charge in [0.15, 0.2) is 0 Å². The summed E-state index contributed by atoms with van der Waals surface area (Å²) in [5, 5.41) is 6.76.